The van der Waals surface area contributed by atoms with Crippen molar-refractivity contribution in [2.75, 3.05) is 6.54 Å². The van der Waals surface area contributed by atoms with E-state index in [2.05, 4.69) is 17.4 Å². The molecule has 1 aromatic carbocycles. The van der Waals surface area contributed by atoms with E-state index >= 15 is 0 Å². The minimum Gasteiger partial charge on any atom is -0.355 e. The van der Waals surface area contributed by atoms with E-state index in [1.165, 1.54) is 18.4 Å². The van der Waals surface area contributed by atoms with Crippen LogP contribution in [0.1, 0.15) is 45.1 Å². The second-order valence-corrected chi connectivity index (χ2v) is 6.80. The fourth-order valence-electron chi connectivity index (χ4n) is 3.08. The van der Waals surface area contributed by atoms with Crippen LogP contribution in [0.15, 0.2) is 24.3 Å². The van der Waals surface area contributed by atoms with Crippen LogP contribution < -0.4 is 11.1 Å². The van der Waals surface area contributed by atoms with Crippen molar-refractivity contribution in [1.82, 2.24) is 5.32 Å². The molecule has 2 rings (SSSR count). The Hall–Kier alpha value is -0.770. The molecule has 1 saturated carbocycles. The van der Waals surface area contributed by atoms with E-state index in [9.17, 15) is 4.79 Å². The normalized spacial score (nSPS) is 19.1. The van der Waals surface area contributed by atoms with E-state index in [0.29, 0.717) is 6.54 Å². The van der Waals surface area contributed by atoms with Gasteiger partial charge in [0.25, 0.3) is 0 Å². The average molecular weight is 345 g/mol. The zero-order valence-corrected chi connectivity index (χ0v) is 14.8. The Balaban J connectivity index is 0.00000242. The first-order valence-corrected chi connectivity index (χ1v) is 8.12. The molecule has 0 spiro atoms. The Morgan fingerprint density at radius 3 is 2.32 bits per heavy atom. The predicted octanol–water partition coefficient (Wildman–Crippen LogP) is 3.67. The summed E-state index contributed by atoms with van der Waals surface area (Å²) < 4.78 is 0. The van der Waals surface area contributed by atoms with Crippen LogP contribution in [0.5, 0.6) is 0 Å². The molecular formula is C17H26Cl2N2O. The van der Waals surface area contributed by atoms with Gasteiger partial charge in [-0.3, -0.25) is 4.79 Å². The lowest BCUT2D eigenvalue weighted by Crippen LogP contribution is -2.44. The highest BCUT2D eigenvalue weighted by molar-refractivity contribution is 6.30. The first kappa shape index (κ1) is 19.3. The standard InChI is InChI=1S/C17H25ClN2O.ClH/c1-12(13(2)19)16(21)20-11-17(9-3-4-10-17)14-5-7-15(18)8-6-14;/h5-8,12-13H,3-4,9-11,19H2,1-2H3,(H,20,21);1H. The van der Waals surface area contributed by atoms with E-state index < -0.39 is 0 Å². The molecule has 0 aliphatic heterocycles. The number of nitrogens with two attached hydrogens (primary N) is 1. The molecule has 0 saturated heterocycles. The van der Waals surface area contributed by atoms with E-state index in [1.807, 2.05) is 26.0 Å². The topological polar surface area (TPSA) is 55.1 Å². The molecule has 1 amide bonds. The van der Waals surface area contributed by atoms with E-state index in [-0.39, 0.29) is 35.7 Å². The molecule has 0 aromatic heterocycles. The van der Waals surface area contributed by atoms with Crippen LogP contribution in [-0.4, -0.2) is 18.5 Å². The summed E-state index contributed by atoms with van der Waals surface area (Å²) in [4.78, 5) is 12.2. The lowest BCUT2D eigenvalue weighted by atomic mass is 9.78. The first-order chi connectivity index (χ1) is 9.94. The van der Waals surface area contributed by atoms with E-state index in [0.717, 1.165) is 17.9 Å². The Morgan fingerprint density at radius 2 is 1.82 bits per heavy atom. The molecule has 124 valence electrons. The molecule has 1 aliphatic carbocycles. The predicted molar refractivity (Wildman–Crippen MR) is 94.7 cm³/mol. The van der Waals surface area contributed by atoms with Crippen LogP contribution >= 0.6 is 24.0 Å². The Labute approximate surface area is 144 Å². The molecule has 3 N–H and O–H groups in total. The van der Waals surface area contributed by atoms with Gasteiger partial charge in [-0.25, -0.2) is 0 Å². The van der Waals surface area contributed by atoms with Gasteiger partial charge in [0.05, 0.1) is 0 Å². The minimum atomic E-state index is -0.159. The maximum absolute atomic E-state index is 12.2. The number of carbonyl (C=O) groups excluding carboxylic acids is 1. The molecule has 2 unspecified atom stereocenters. The van der Waals surface area contributed by atoms with Crippen molar-refractivity contribution in [1.29, 1.82) is 0 Å². The number of benzene rings is 1. The highest BCUT2D eigenvalue weighted by Crippen LogP contribution is 2.41. The van der Waals surface area contributed by atoms with Crippen LogP contribution in [0, 0.1) is 5.92 Å². The average Bonchev–Trinajstić information content (AvgIpc) is 2.94. The summed E-state index contributed by atoms with van der Waals surface area (Å²) in [5.41, 5.74) is 7.14. The number of nitrogens with one attached hydrogen (secondary N) is 1. The zero-order valence-electron chi connectivity index (χ0n) is 13.3. The number of halogens is 2. The van der Waals surface area contributed by atoms with Gasteiger partial charge in [-0.05, 0) is 37.5 Å². The Bertz CT molecular complexity index is 482. The van der Waals surface area contributed by atoms with Gasteiger partial charge in [0.1, 0.15) is 0 Å². The van der Waals surface area contributed by atoms with Crippen molar-refractivity contribution >= 4 is 29.9 Å². The largest absolute Gasteiger partial charge is 0.355 e. The van der Waals surface area contributed by atoms with Gasteiger partial charge in [0.15, 0.2) is 0 Å². The summed E-state index contributed by atoms with van der Waals surface area (Å²) in [5.74, 6) is -0.112. The monoisotopic (exact) mass is 344 g/mol. The number of hydrogen-bond acceptors (Lipinski definition) is 2. The van der Waals surface area contributed by atoms with Crippen LogP contribution in [-0.2, 0) is 10.2 Å². The molecule has 2 atom stereocenters. The number of rotatable bonds is 5. The van der Waals surface area contributed by atoms with Crippen molar-refractivity contribution in [3.63, 3.8) is 0 Å². The highest BCUT2D eigenvalue weighted by Gasteiger charge is 2.36. The third kappa shape index (κ3) is 4.37. The fraction of sp³-hybridized carbons (Fsp3) is 0.588. The lowest BCUT2D eigenvalue weighted by molar-refractivity contribution is -0.125. The van der Waals surface area contributed by atoms with Crippen LogP contribution in [0.4, 0.5) is 0 Å². The van der Waals surface area contributed by atoms with Gasteiger partial charge in [0.2, 0.25) is 5.91 Å². The molecule has 22 heavy (non-hydrogen) atoms. The summed E-state index contributed by atoms with van der Waals surface area (Å²) in [7, 11) is 0. The van der Waals surface area contributed by atoms with Gasteiger partial charge in [0, 0.05) is 28.9 Å². The zero-order chi connectivity index (χ0) is 15.5. The van der Waals surface area contributed by atoms with Crippen molar-refractivity contribution in [2.45, 2.75) is 51.0 Å². The van der Waals surface area contributed by atoms with Crippen molar-refractivity contribution in [2.24, 2.45) is 11.7 Å². The summed E-state index contributed by atoms with van der Waals surface area (Å²) in [6.45, 7) is 4.43. The second-order valence-electron chi connectivity index (χ2n) is 6.36. The molecule has 5 heteroatoms. The lowest BCUT2D eigenvalue weighted by Gasteiger charge is -2.31. The molecule has 0 bridgehead atoms. The van der Waals surface area contributed by atoms with Crippen LogP contribution in [0.3, 0.4) is 0 Å². The van der Waals surface area contributed by atoms with Crippen molar-refractivity contribution < 1.29 is 4.79 Å². The summed E-state index contributed by atoms with van der Waals surface area (Å²) in [5, 5.41) is 3.86. The molecule has 0 radical (unpaired) electrons. The third-order valence-corrected chi connectivity index (χ3v) is 5.07. The van der Waals surface area contributed by atoms with Gasteiger partial charge >= 0.3 is 0 Å². The Morgan fingerprint density at radius 1 is 1.27 bits per heavy atom. The summed E-state index contributed by atoms with van der Waals surface area (Å²) in [6.07, 6.45) is 4.64. The smallest absolute Gasteiger partial charge is 0.224 e. The highest BCUT2D eigenvalue weighted by atomic mass is 35.5. The van der Waals surface area contributed by atoms with Gasteiger partial charge in [-0.2, -0.15) is 0 Å². The van der Waals surface area contributed by atoms with E-state index in [4.69, 9.17) is 17.3 Å². The molecule has 1 aromatic rings. The molecule has 1 aliphatic rings. The molecule has 0 heterocycles. The molecule has 1 fully saturated rings. The number of hydrogen-bond donors (Lipinski definition) is 2. The Kier molecular flexibility index (Phi) is 7.17. The first-order valence-electron chi connectivity index (χ1n) is 7.74. The van der Waals surface area contributed by atoms with E-state index in [1.54, 1.807) is 0 Å². The van der Waals surface area contributed by atoms with Gasteiger partial charge in [-0.1, -0.05) is 43.5 Å². The SMILES string of the molecule is CC(N)C(C)C(=O)NCC1(c2ccc(Cl)cc2)CCCC1.Cl. The third-order valence-electron chi connectivity index (χ3n) is 4.82. The van der Waals surface area contributed by atoms with Gasteiger partial charge in [-0.15, -0.1) is 12.4 Å². The quantitative estimate of drug-likeness (QED) is 0.855. The summed E-state index contributed by atoms with van der Waals surface area (Å²) in [6, 6.07) is 7.93. The van der Waals surface area contributed by atoms with Crippen molar-refractivity contribution in [3.8, 4) is 0 Å². The number of amides is 1. The number of carbonyl (C=O) groups is 1. The molecular weight excluding hydrogens is 319 g/mol. The molecule has 3 nitrogen and oxygen atoms in total. The maximum Gasteiger partial charge on any atom is 0.224 e. The van der Waals surface area contributed by atoms with Gasteiger partial charge < -0.3 is 11.1 Å². The second kappa shape index (κ2) is 8.19. The summed E-state index contributed by atoms with van der Waals surface area (Å²) >= 11 is 5.98. The van der Waals surface area contributed by atoms with Crippen molar-refractivity contribution in [3.05, 3.63) is 34.9 Å². The minimum absolute atomic E-state index is 0. The maximum atomic E-state index is 12.2. The fourth-order valence-corrected chi connectivity index (χ4v) is 3.20. The van der Waals surface area contributed by atoms with Crippen LogP contribution in [0.25, 0.3) is 0 Å². The van der Waals surface area contributed by atoms with Crippen LogP contribution in [0.2, 0.25) is 5.02 Å².